The average Bonchev–Trinajstić information content (AvgIpc) is 2.88. The number of anilines is 1. The van der Waals surface area contributed by atoms with Gasteiger partial charge < -0.3 is 14.8 Å². The Hall–Kier alpha value is -1.55. The van der Waals surface area contributed by atoms with Gasteiger partial charge in [0.25, 0.3) is 0 Å². The lowest BCUT2D eigenvalue weighted by Gasteiger charge is -2.26. The monoisotopic (exact) mass is 276 g/mol. The van der Waals surface area contributed by atoms with E-state index < -0.39 is 0 Å². The minimum absolute atomic E-state index is 0.0954. The maximum atomic E-state index is 9.43. The van der Waals surface area contributed by atoms with Crippen LogP contribution in [0.5, 0.6) is 0 Å². The number of rotatable bonds is 6. The van der Waals surface area contributed by atoms with E-state index in [4.69, 9.17) is 4.42 Å². The van der Waals surface area contributed by atoms with Gasteiger partial charge in [-0.1, -0.05) is 27.7 Å². The molecule has 2 aromatic rings. The Morgan fingerprint density at radius 1 is 1.40 bits per heavy atom. The number of hydrogen-bond acceptors (Lipinski definition) is 4. The molecule has 1 aromatic heterocycles. The highest BCUT2D eigenvalue weighted by atomic mass is 16.3. The van der Waals surface area contributed by atoms with E-state index in [1.54, 1.807) is 0 Å². The van der Waals surface area contributed by atoms with E-state index in [0.29, 0.717) is 0 Å². The van der Waals surface area contributed by atoms with Crippen molar-refractivity contribution < 1.29 is 9.52 Å². The first-order valence-electron chi connectivity index (χ1n) is 7.22. The molecule has 0 saturated heterocycles. The standard InChI is InChI=1S/C16H24N2O2/c1-5-16(4,10-19)9-17-12-6-7-14-13(8-12)18-15(20-14)11(2)3/h6-8,11,17,19H,5,9-10H2,1-4H3. The van der Waals surface area contributed by atoms with Crippen molar-refractivity contribution in [2.75, 3.05) is 18.5 Å². The van der Waals surface area contributed by atoms with Gasteiger partial charge in [0.1, 0.15) is 5.52 Å². The third-order valence-corrected chi connectivity index (χ3v) is 3.85. The predicted octanol–water partition coefficient (Wildman–Crippen LogP) is 3.77. The molecule has 0 aliphatic heterocycles. The largest absolute Gasteiger partial charge is 0.440 e. The summed E-state index contributed by atoms with van der Waals surface area (Å²) in [6.07, 6.45) is 0.931. The number of benzene rings is 1. The molecule has 0 aliphatic rings. The van der Waals surface area contributed by atoms with E-state index in [0.717, 1.165) is 35.6 Å². The molecule has 0 radical (unpaired) electrons. The fourth-order valence-corrected chi connectivity index (χ4v) is 1.91. The van der Waals surface area contributed by atoms with Crippen LogP contribution in [0, 0.1) is 5.41 Å². The Labute approximate surface area is 120 Å². The lowest BCUT2D eigenvalue weighted by Crippen LogP contribution is -2.29. The van der Waals surface area contributed by atoms with Crippen LogP contribution in [0.25, 0.3) is 11.1 Å². The highest BCUT2D eigenvalue weighted by molar-refractivity contribution is 5.77. The first-order valence-corrected chi connectivity index (χ1v) is 7.22. The van der Waals surface area contributed by atoms with Gasteiger partial charge >= 0.3 is 0 Å². The molecular weight excluding hydrogens is 252 g/mol. The van der Waals surface area contributed by atoms with Crippen molar-refractivity contribution in [1.82, 2.24) is 4.98 Å². The van der Waals surface area contributed by atoms with Crippen LogP contribution in [-0.4, -0.2) is 23.2 Å². The topological polar surface area (TPSA) is 58.3 Å². The van der Waals surface area contributed by atoms with Gasteiger partial charge in [-0.25, -0.2) is 4.98 Å². The molecule has 0 bridgehead atoms. The van der Waals surface area contributed by atoms with Gasteiger partial charge in [-0.2, -0.15) is 0 Å². The zero-order valence-corrected chi connectivity index (χ0v) is 12.7. The summed E-state index contributed by atoms with van der Waals surface area (Å²) >= 11 is 0. The summed E-state index contributed by atoms with van der Waals surface area (Å²) in [6, 6.07) is 5.93. The molecular formula is C16H24N2O2. The number of aromatic nitrogens is 1. The van der Waals surface area contributed by atoms with Gasteiger partial charge in [-0.05, 0) is 24.6 Å². The van der Waals surface area contributed by atoms with Crippen LogP contribution in [0.1, 0.15) is 45.9 Å². The summed E-state index contributed by atoms with van der Waals surface area (Å²) in [5, 5.41) is 12.8. The minimum Gasteiger partial charge on any atom is -0.440 e. The maximum Gasteiger partial charge on any atom is 0.198 e. The molecule has 1 heterocycles. The third-order valence-electron chi connectivity index (χ3n) is 3.85. The zero-order valence-electron chi connectivity index (χ0n) is 12.7. The van der Waals surface area contributed by atoms with Gasteiger partial charge in [-0.15, -0.1) is 0 Å². The molecule has 1 atom stereocenters. The molecule has 2 rings (SSSR count). The lowest BCUT2D eigenvalue weighted by molar-refractivity contribution is 0.149. The Morgan fingerprint density at radius 3 is 2.75 bits per heavy atom. The lowest BCUT2D eigenvalue weighted by atomic mass is 9.88. The first kappa shape index (κ1) is 14.9. The van der Waals surface area contributed by atoms with Gasteiger partial charge in [0.15, 0.2) is 11.5 Å². The molecule has 20 heavy (non-hydrogen) atoms. The normalized spacial score (nSPS) is 14.7. The molecule has 0 fully saturated rings. The SMILES string of the molecule is CCC(C)(CO)CNc1ccc2oc(C(C)C)nc2c1. The second kappa shape index (κ2) is 5.83. The van der Waals surface area contributed by atoms with E-state index >= 15 is 0 Å². The summed E-state index contributed by atoms with van der Waals surface area (Å²) in [6.45, 7) is 9.22. The Balaban J connectivity index is 2.15. The number of nitrogens with one attached hydrogen (secondary N) is 1. The summed E-state index contributed by atoms with van der Waals surface area (Å²) in [4.78, 5) is 4.50. The van der Waals surface area contributed by atoms with Crippen LogP contribution in [0.2, 0.25) is 0 Å². The van der Waals surface area contributed by atoms with Crippen molar-refractivity contribution in [3.63, 3.8) is 0 Å². The van der Waals surface area contributed by atoms with Crippen LogP contribution in [-0.2, 0) is 0 Å². The smallest absolute Gasteiger partial charge is 0.198 e. The molecule has 1 unspecified atom stereocenters. The zero-order chi connectivity index (χ0) is 14.8. The minimum atomic E-state index is -0.0954. The van der Waals surface area contributed by atoms with Crippen LogP contribution in [0.4, 0.5) is 5.69 Å². The molecule has 4 heteroatoms. The summed E-state index contributed by atoms with van der Waals surface area (Å²) in [7, 11) is 0. The van der Waals surface area contributed by atoms with Gasteiger partial charge in [0.05, 0.1) is 6.61 Å². The highest BCUT2D eigenvalue weighted by Gasteiger charge is 2.20. The second-order valence-electron chi connectivity index (χ2n) is 6.07. The quantitative estimate of drug-likeness (QED) is 0.843. The highest BCUT2D eigenvalue weighted by Crippen LogP contribution is 2.25. The van der Waals surface area contributed by atoms with Gasteiger partial charge in [0, 0.05) is 23.6 Å². The maximum absolute atomic E-state index is 9.43. The van der Waals surface area contributed by atoms with Crippen molar-refractivity contribution in [2.24, 2.45) is 5.41 Å². The van der Waals surface area contributed by atoms with Gasteiger partial charge in [0.2, 0.25) is 0 Å². The first-order chi connectivity index (χ1) is 9.47. The van der Waals surface area contributed by atoms with Crippen molar-refractivity contribution in [3.05, 3.63) is 24.1 Å². The number of aliphatic hydroxyl groups excluding tert-OH is 1. The van der Waals surface area contributed by atoms with E-state index in [9.17, 15) is 5.11 Å². The van der Waals surface area contributed by atoms with Crippen molar-refractivity contribution in [3.8, 4) is 0 Å². The van der Waals surface area contributed by atoms with Gasteiger partial charge in [-0.3, -0.25) is 0 Å². The molecule has 0 aliphatic carbocycles. The number of nitrogens with zero attached hydrogens (tertiary/aromatic N) is 1. The number of fused-ring (bicyclic) bond motifs is 1. The summed E-state index contributed by atoms with van der Waals surface area (Å²) in [5.41, 5.74) is 2.61. The second-order valence-corrected chi connectivity index (χ2v) is 6.07. The van der Waals surface area contributed by atoms with Crippen LogP contribution >= 0.6 is 0 Å². The third kappa shape index (κ3) is 3.12. The van der Waals surface area contributed by atoms with Crippen LogP contribution in [0.3, 0.4) is 0 Å². The summed E-state index contributed by atoms with van der Waals surface area (Å²) < 4.78 is 5.69. The predicted molar refractivity (Wildman–Crippen MR) is 82.1 cm³/mol. The number of oxazole rings is 1. The molecule has 0 saturated carbocycles. The van der Waals surface area contributed by atoms with E-state index in [2.05, 4.69) is 38.0 Å². The Kier molecular flexibility index (Phi) is 4.33. The molecule has 0 amide bonds. The fraction of sp³-hybridized carbons (Fsp3) is 0.562. The fourth-order valence-electron chi connectivity index (χ4n) is 1.91. The van der Waals surface area contributed by atoms with Crippen molar-refractivity contribution in [1.29, 1.82) is 0 Å². The van der Waals surface area contributed by atoms with Crippen molar-refractivity contribution in [2.45, 2.75) is 40.0 Å². The molecule has 4 nitrogen and oxygen atoms in total. The van der Waals surface area contributed by atoms with Crippen LogP contribution < -0.4 is 5.32 Å². The van der Waals surface area contributed by atoms with E-state index in [1.165, 1.54) is 0 Å². The molecule has 2 N–H and O–H groups in total. The Morgan fingerprint density at radius 2 is 2.15 bits per heavy atom. The van der Waals surface area contributed by atoms with Crippen LogP contribution in [0.15, 0.2) is 22.6 Å². The Bertz CT molecular complexity index is 571. The molecule has 1 aromatic carbocycles. The number of aliphatic hydroxyl groups is 1. The number of hydrogen-bond donors (Lipinski definition) is 2. The van der Waals surface area contributed by atoms with Crippen molar-refractivity contribution >= 4 is 16.8 Å². The molecule has 0 spiro atoms. The van der Waals surface area contributed by atoms with E-state index in [-0.39, 0.29) is 17.9 Å². The average molecular weight is 276 g/mol. The molecule has 110 valence electrons. The summed E-state index contributed by atoms with van der Waals surface area (Å²) in [5.74, 6) is 1.06. The van der Waals surface area contributed by atoms with E-state index in [1.807, 2.05) is 18.2 Å².